The molecule has 0 bridgehead atoms. The number of rotatable bonds is 2. The highest BCUT2D eigenvalue weighted by molar-refractivity contribution is 6.05. The van der Waals surface area contributed by atoms with Gasteiger partial charge in [-0.3, -0.25) is 4.79 Å². The summed E-state index contributed by atoms with van der Waals surface area (Å²) in [5.41, 5.74) is 8.87. The van der Waals surface area contributed by atoms with E-state index in [-0.39, 0.29) is 5.91 Å². The average molecular weight is 278 g/mol. The minimum Gasteiger partial charge on any atom is -0.320 e. The lowest BCUT2D eigenvalue weighted by Gasteiger charge is -2.17. The minimum absolute atomic E-state index is 0.0443. The van der Waals surface area contributed by atoms with E-state index >= 15 is 0 Å². The molecular weight excluding hydrogens is 260 g/mol. The van der Waals surface area contributed by atoms with Crippen molar-refractivity contribution in [2.24, 2.45) is 5.73 Å². The lowest BCUT2D eigenvalue weighted by Crippen LogP contribution is -2.26. The van der Waals surface area contributed by atoms with Gasteiger partial charge in [-0.1, -0.05) is 29.5 Å². The van der Waals surface area contributed by atoms with Gasteiger partial charge in [-0.05, 0) is 43.3 Å². The number of aryl methyl sites for hydroxylation is 1. The molecule has 0 spiro atoms. The first-order valence-electron chi connectivity index (χ1n) is 6.75. The zero-order chi connectivity index (χ0) is 15.2. The van der Waals surface area contributed by atoms with Gasteiger partial charge in [-0.2, -0.15) is 0 Å². The Morgan fingerprint density at radius 1 is 1.10 bits per heavy atom. The highest BCUT2D eigenvalue weighted by Crippen LogP contribution is 2.16. The Labute approximate surface area is 125 Å². The molecule has 3 heteroatoms. The maximum absolute atomic E-state index is 12.4. The Hall–Kier alpha value is -2.57. The molecule has 0 saturated carbocycles. The predicted molar refractivity (Wildman–Crippen MR) is 86.3 cm³/mol. The van der Waals surface area contributed by atoms with Crippen molar-refractivity contribution in [3.8, 4) is 11.8 Å². The molecule has 0 aliphatic heterocycles. The highest BCUT2D eigenvalue weighted by Gasteiger charge is 2.12. The summed E-state index contributed by atoms with van der Waals surface area (Å²) in [6.45, 7) is 2.35. The molecule has 0 fully saturated rings. The van der Waals surface area contributed by atoms with E-state index in [1.54, 1.807) is 24.1 Å². The Morgan fingerprint density at radius 3 is 2.29 bits per heavy atom. The van der Waals surface area contributed by atoms with Gasteiger partial charge in [0.05, 0.1) is 6.54 Å². The van der Waals surface area contributed by atoms with Crippen molar-refractivity contribution >= 4 is 11.6 Å². The monoisotopic (exact) mass is 278 g/mol. The third kappa shape index (κ3) is 3.71. The molecule has 0 unspecified atom stereocenters. The van der Waals surface area contributed by atoms with Crippen LogP contribution in [0.15, 0.2) is 48.5 Å². The molecule has 1 amide bonds. The molecule has 2 aromatic carbocycles. The summed E-state index contributed by atoms with van der Waals surface area (Å²) in [6, 6.07) is 15.1. The fraction of sp³-hybridized carbons (Fsp3) is 0.167. The number of carbonyl (C=O) groups is 1. The van der Waals surface area contributed by atoms with E-state index in [4.69, 9.17) is 5.73 Å². The smallest absolute Gasteiger partial charge is 0.258 e. The van der Waals surface area contributed by atoms with Gasteiger partial charge in [0.15, 0.2) is 0 Å². The number of amides is 1. The van der Waals surface area contributed by atoms with Crippen molar-refractivity contribution < 1.29 is 4.79 Å². The van der Waals surface area contributed by atoms with Gasteiger partial charge < -0.3 is 10.6 Å². The molecule has 0 aliphatic rings. The SMILES string of the molecule is Cc1ccc(N(C)C(=O)c2ccc(C#CCN)cc2)cc1. The first-order valence-corrected chi connectivity index (χ1v) is 6.75. The molecule has 0 atom stereocenters. The Balaban J connectivity index is 2.17. The predicted octanol–water partition coefficient (Wildman–Crippen LogP) is 2.58. The van der Waals surface area contributed by atoms with E-state index in [2.05, 4.69) is 11.8 Å². The van der Waals surface area contributed by atoms with E-state index in [1.807, 2.05) is 43.3 Å². The summed E-state index contributed by atoms with van der Waals surface area (Å²) in [4.78, 5) is 14.1. The highest BCUT2D eigenvalue weighted by atomic mass is 16.2. The Kier molecular flexibility index (Phi) is 4.76. The molecule has 2 N–H and O–H groups in total. The summed E-state index contributed by atoms with van der Waals surface area (Å²) in [5.74, 6) is 5.68. The van der Waals surface area contributed by atoms with Gasteiger partial charge in [-0.15, -0.1) is 0 Å². The lowest BCUT2D eigenvalue weighted by molar-refractivity contribution is 0.0993. The van der Waals surface area contributed by atoms with E-state index in [9.17, 15) is 4.79 Å². The first-order chi connectivity index (χ1) is 10.1. The Morgan fingerprint density at radius 2 is 1.71 bits per heavy atom. The van der Waals surface area contributed by atoms with Gasteiger partial charge in [0.25, 0.3) is 5.91 Å². The molecule has 3 nitrogen and oxygen atoms in total. The second-order valence-electron chi connectivity index (χ2n) is 4.78. The van der Waals surface area contributed by atoms with Crippen LogP contribution in [0.4, 0.5) is 5.69 Å². The van der Waals surface area contributed by atoms with Crippen molar-refractivity contribution in [3.63, 3.8) is 0 Å². The normalized spacial score (nSPS) is 9.67. The quantitative estimate of drug-likeness (QED) is 0.858. The van der Waals surface area contributed by atoms with Crippen molar-refractivity contribution in [1.82, 2.24) is 0 Å². The lowest BCUT2D eigenvalue weighted by atomic mass is 10.1. The second-order valence-corrected chi connectivity index (χ2v) is 4.78. The van der Waals surface area contributed by atoms with Gasteiger partial charge in [-0.25, -0.2) is 0 Å². The van der Waals surface area contributed by atoms with Crippen LogP contribution in [0.3, 0.4) is 0 Å². The van der Waals surface area contributed by atoms with Crippen LogP contribution < -0.4 is 10.6 Å². The van der Waals surface area contributed by atoms with Crippen molar-refractivity contribution in [2.45, 2.75) is 6.92 Å². The molecule has 0 aromatic heterocycles. The van der Waals surface area contributed by atoms with E-state index < -0.39 is 0 Å². The molecular formula is C18H18N2O. The Bertz CT molecular complexity index is 676. The van der Waals surface area contributed by atoms with E-state index in [1.165, 1.54) is 5.56 Å². The summed E-state index contributed by atoms with van der Waals surface area (Å²) in [5, 5.41) is 0. The van der Waals surface area contributed by atoms with E-state index in [0.29, 0.717) is 12.1 Å². The first kappa shape index (κ1) is 14.8. The van der Waals surface area contributed by atoms with Gasteiger partial charge in [0.2, 0.25) is 0 Å². The topological polar surface area (TPSA) is 46.3 Å². The number of anilines is 1. The molecule has 106 valence electrons. The van der Waals surface area contributed by atoms with Crippen LogP contribution in [0.5, 0.6) is 0 Å². The van der Waals surface area contributed by atoms with Crippen LogP contribution in [-0.4, -0.2) is 19.5 Å². The third-order valence-corrected chi connectivity index (χ3v) is 3.19. The van der Waals surface area contributed by atoms with Crippen LogP contribution >= 0.6 is 0 Å². The maximum Gasteiger partial charge on any atom is 0.258 e. The van der Waals surface area contributed by atoms with Gasteiger partial charge >= 0.3 is 0 Å². The molecule has 21 heavy (non-hydrogen) atoms. The second kappa shape index (κ2) is 6.74. The standard InChI is InChI=1S/C18H18N2O/c1-14-5-11-17(12-6-14)20(2)18(21)16-9-7-15(8-10-16)4-3-13-19/h5-12H,13,19H2,1-2H3. The zero-order valence-electron chi connectivity index (χ0n) is 12.3. The van der Waals surface area contributed by atoms with Crippen LogP contribution in [-0.2, 0) is 0 Å². The maximum atomic E-state index is 12.4. The van der Waals surface area contributed by atoms with Crippen molar-refractivity contribution in [3.05, 3.63) is 65.2 Å². The van der Waals surface area contributed by atoms with Crippen LogP contribution in [0.2, 0.25) is 0 Å². The van der Waals surface area contributed by atoms with Crippen LogP contribution in [0.1, 0.15) is 21.5 Å². The van der Waals surface area contributed by atoms with Crippen molar-refractivity contribution in [1.29, 1.82) is 0 Å². The van der Waals surface area contributed by atoms with Crippen molar-refractivity contribution in [2.75, 3.05) is 18.5 Å². The summed E-state index contributed by atoms with van der Waals surface area (Å²) in [6.07, 6.45) is 0. The number of benzene rings is 2. The fourth-order valence-electron chi connectivity index (χ4n) is 1.93. The molecule has 2 rings (SSSR count). The minimum atomic E-state index is -0.0443. The van der Waals surface area contributed by atoms with E-state index in [0.717, 1.165) is 11.3 Å². The number of hydrogen-bond donors (Lipinski definition) is 1. The molecule has 0 radical (unpaired) electrons. The number of nitrogens with two attached hydrogens (primary N) is 1. The molecule has 0 saturated heterocycles. The van der Waals surface area contributed by atoms with Gasteiger partial charge in [0.1, 0.15) is 0 Å². The van der Waals surface area contributed by atoms with Crippen LogP contribution in [0, 0.1) is 18.8 Å². The summed E-state index contributed by atoms with van der Waals surface area (Å²) in [7, 11) is 1.77. The molecule has 0 heterocycles. The number of hydrogen-bond acceptors (Lipinski definition) is 2. The average Bonchev–Trinajstić information content (AvgIpc) is 2.53. The largest absolute Gasteiger partial charge is 0.320 e. The zero-order valence-corrected chi connectivity index (χ0v) is 12.3. The van der Waals surface area contributed by atoms with Crippen LogP contribution in [0.25, 0.3) is 0 Å². The summed E-state index contributed by atoms with van der Waals surface area (Å²) >= 11 is 0. The number of carbonyl (C=O) groups excluding carboxylic acids is 1. The summed E-state index contributed by atoms with van der Waals surface area (Å²) < 4.78 is 0. The van der Waals surface area contributed by atoms with Gasteiger partial charge in [0, 0.05) is 23.9 Å². The number of nitrogens with zero attached hydrogens (tertiary/aromatic N) is 1. The fourth-order valence-corrected chi connectivity index (χ4v) is 1.93. The third-order valence-electron chi connectivity index (χ3n) is 3.19. The molecule has 0 aliphatic carbocycles. The molecule has 2 aromatic rings.